The molecule has 4 rings (SSSR count). The molecule has 1 unspecified atom stereocenters. The normalized spacial score (nSPS) is 15.1. The number of hydrogen-bond acceptors (Lipinski definition) is 7. The highest BCUT2D eigenvalue weighted by Crippen LogP contribution is 2.38. The van der Waals surface area contributed by atoms with Gasteiger partial charge in [-0.2, -0.15) is 15.2 Å². The molecule has 1 aromatic carbocycles. The summed E-state index contributed by atoms with van der Waals surface area (Å²) in [4.78, 5) is 20.9. The quantitative estimate of drug-likeness (QED) is 0.655. The zero-order chi connectivity index (χ0) is 19.0. The van der Waals surface area contributed by atoms with Crippen LogP contribution in [-0.2, 0) is 11.2 Å². The number of esters is 1. The van der Waals surface area contributed by atoms with Gasteiger partial charge in [0, 0.05) is 6.42 Å². The summed E-state index contributed by atoms with van der Waals surface area (Å²) in [5.74, 6) is -0.793. The maximum absolute atomic E-state index is 14.2. The Bertz CT molecular complexity index is 1070. The fourth-order valence-corrected chi connectivity index (χ4v) is 2.94. The predicted octanol–water partition coefficient (Wildman–Crippen LogP) is 3.21. The van der Waals surface area contributed by atoms with Crippen LogP contribution in [0, 0.1) is 17.1 Å². The van der Waals surface area contributed by atoms with E-state index < -0.39 is 17.9 Å². The Hall–Kier alpha value is -3.73. The lowest BCUT2D eigenvalue weighted by Gasteiger charge is -2.11. The van der Waals surface area contributed by atoms with E-state index >= 15 is 0 Å². The number of benzene rings is 1. The van der Waals surface area contributed by atoms with Crippen molar-refractivity contribution < 1.29 is 23.1 Å². The van der Waals surface area contributed by atoms with E-state index in [4.69, 9.17) is 19.2 Å². The van der Waals surface area contributed by atoms with E-state index in [1.54, 1.807) is 12.1 Å². The molecule has 0 aliphatic carbocycles. The number of methoxy groups -OCH3 is 1. The minimum absolute atomic E-state index is 0.0451. The van der Waals surface area contributed by atoms with Crippen LogP contribution >= 0.6 is 0 Å². The molecule has 1 atom stereocenters. The molecular formula is C19H12FN3O4. The average Bonchev–Trinajstić information content (AvgIpc) is 3.31. The number of carbonyl (C=O) groups is 1. The first-order chi connectivity index (χ1) is 13.1. The van der Waals surface area contributed by atoms with Crippen LogP contribution in [0.2, 0.25) is 0 Å². The van der Waals surface area contributed by atoms with Crippen molar-refractivity contribution in [3.63, 3.8) is 0 Å². The SMILES string of the molecule is COc1nc(-c2ccco2)c2c(n1)C(Cc1ccc(C#N)cc1F)OC2=O. The summed E-state index contributed by atoms with van der Waals surface area (Å²) in [6, 6.07) is 9.38. The topological polar surface area (TPSA) is 98.2 Å². The summed E-state index contributed by atoms with van der Waals surface area (Å²) in [5, 5.41) is 8.86. The van der Waals surface area contributed by atoms with Gasteiger partial charge in [-0.3, -0.25) is 0 Å². The third-order valence-corrected chi connectivity index (χ3v) is 4.20. The molecule has 7 nitrogen and oxygen atoms in total. The Balaban J connectivity index is 1.77. The molecule has 0 saturated carbocycles. The highest BCUT2D eigenvalue weighted by Gasteiger charge is 2.38. The standard InChI is InChI=1S/C19H12FN3O4/c1-25-19-22-16(13-3-2-6-26-13)15-17(23-19)14(27-18(15)24)8-11-5-4-10(9-21)7-12(11)20/h2-7,14H,8H2,1H3. The lowest BCUT2D eigenvalue weighted by Crippen LogP contribution is -2.07. The molecule has 1 aliphatic rings. The first kappa shape index (κ1) is 16.7. The van der Waals surface area contributed by atoms with Crippen LogP contribution in [-0.4, -0.2) is 23.0 Å². The third kappa shape index (κ3) is 2.89. The number of hydrogen-bond donors (Lipinski definition) is 0. The molecule has 2 aromatic heterocycles. The average molecular weight is 365 g/mol. The molecule has 0 spiro atoms. The summed E-state index contributed by atoms with van der Waals surface area (Å²) in [7, 11) is 1.40. The molecule has 134 valence electrons. The van der Waals surface area contributed by atoms with Gasteiger partial charge in [0.15, 0.2) is 5.76 Å². The van der Waals surface area contributed by atoms with Gasteiger partial charge in [-0.15, -0.1) is 0 Å². The molecular weight excluding hydrogens is 353 g/mol. The van der Waals surface area contributed by atoms with Gasteiger partial charge in [0.1, 0.15) is 28.9 Å². The molecule has 1 aliphatic heterocycles. The number of carbonyl (C=O) groups excluding carboxylic acids is 1. The van der Waals surface area contributed by atoms with E-state index in [-0.39, 0.29) is 29.3 Å². The minimum atomic E-state index is -0.805. The molecule has 0 amide bonds. The van der Waals surface area contributed by atoms with Gasteiger partial charge >= 0.3 is 12.0 Å². The van der Waals surface area contributed by atoms with E-state index in [1.807, 2.05) is 6.07 Å². The van der Waals surface area contributed by atoms with Gasteiger partial charge in [-0.05, 0) is 29.8 Å². The summed E-state index contributed by atoms with van der Waals surface area (Å²) < 4.78 is 30.1. The molecule has 0 saturated heterocycles. The Morgan fingerprint density at radius 1 is 1.33 bits per heavy atom. The number of halogens is 1. The molecule has 0 bridgehead atoms. The van der Waals surface area contributed by atoms with Crippen molar-refractivity contribution in [1.82, 2.24) is 9.97 Å². The lowest BCUT2D eigenvalue weighted by atomic mass is 10.0. The highest BCUT2D eigenvalue weighted by atomic mass is 19.1. The van der Waals surface area contributed by atoms with Gasteiger partial charge in [0.25, 0.3) is 0 Å². The van der Waals surface area contributed by atoms with Crippen LogP contribution in [0.3, 0.4) is 0 Å². The Morgan fingerprint density at radius 3 is 2.85 bits per heavy atom. The number of ether oxygens (including phenoxy) is 2. The van der Waals surface area contributed by atoms with Gasteiger partial charge in [0.05, 0.1) is 25.0 Å². The van der Waals surface area contributed by atoms with Crippen LogP contribution < -0.4 is 4.74 Å². The smallest absolute Gasteiger partial charge is 0.343 e. The Labute approximate surface area is 153 Å². The largest absolute Gasteiger partial charge is 0.467 e. The van der Waals surface area contributed by atoms with Gasteiger partial charge in [-0.25, -0.2) is 9.18 Å². The number of nitriles is 1. The van der Waals surface area contributed by atoms with Crippen LogP contribution in [0.1, 0.15) is 33.3 Å². The van der Waals surface area contributed by atoms with E-state index in [1.165, 1.54) is 25.5 Å². The van der Waals surface area contributed by atoms with E-state index in [9.17, 15) is 9.18 Å². The van der Waals surface area contributed by atoms with Crippen molar-refractivity contribution in [3.05, 3.63) is 64.8 Å². The van der Waals surface area contributed by atoms with Gasteiger partial charge in [0.2, 0.25) is 0 Å². The summed E-state index contributed by atoms with van der Waals surface area (Å²) in [5.41, 5.74) is 1.25. The van der Waals surface area contributed by atoms with Crippen molar-refractivity contribution in [1.29, 1.82) is 5.26 Å². The van der Waals surface area contributed by atoms with Crippen molar-refractivity contribution in [3.8, 4) is 23.5 Å². The Morgan fingerprint density at radius 2 is 2.19 bits per heavy atom. The first-order valence-electron chi connectivity index (χ1n) is 8.00. The van der Waals surface area contributed by atoms with E-state index in [0.29, 0.717) is 17.0 Å². The highest BCUT2D eigenvalue weighted by molar-refractivity contribution is 5.99. The first-order valence-corrected chi connectivity index (χ1v) is 8.00. The second-order valence-electron chi connectivity index (χ2n) is 5.81. The predicted molar refractivity (Wildman–Crippen MR) is 89.3 cm³/mol. The molecule has 0 fully saturated rings. The number of aromatic nitrogens is 2. The maximum Gasteiger partial charge on any atom is 0.343 e. The minimum Gasteiger partial charge on any atom is -0.467 e. The molecule has 8 heteroatoms. The summed E-state index contributed by atoms with van der Waals surface area (Å²) >= 11 is 0. The molecule has 0 N–H and O–H groups in total. The van der Waals surface area contributed by atoms with E-state index in [2.05, 4.69) is 9.97 Å². The molecule has 3 aromatic rings. The maximum atomic E-state index is 14.2. The summed E-state index contributed by atoms with van der Waals surface area (Å²) in [6.07, 6.45) is 0.717. The number of cyclic esters (lactones) is 1. The number of fused-ring (bicyclic) bond motifs is 1. The fraction of sp³-hybridized carbons (Fsp3) is 0.158. The number of rotatable bonds is 4. The summed E-state index contributed by atoms with van der Waals surface area (Å²) in [6.45, 7) is 0. The van der Waals surface area contributed by atoms with Crippen molar-refractivity contribution in [2.24, 2.45) is 0 Å². The van der Waals surface area contributed by atoms with Crippen LogP contribution in [0.4, 0.5) is 4.39 Å². The fourth-order valence-electron chi connectivity index (χ4n) is 2.94. The Kier molecular flexibility index (Phi) is 4.05. The van der Waals surface area contributed by atoms with Gasteiger partial charge < -0.3 is 13.9 Å². The van der Waals surface area contributed by atoms with Crippen LogP contribution in [0.15, 0.2) is 41.0 Å². The van der Waals surface area contributed by atoms with E-state index in [0.717, 1.165) is 6.07 Å². The monoisotopic (exact) mass is 365 g/mol. The second-order valence-corrected chi connectivity index (χ2v) is 5.81. The molecule has 27 heavy (non-hydrogen) atoms. The third-order valence-electron chi connectivity index (χ3n) is 4.20. The zero-order valence-corrected chi connectivity index (χ0v) is 14.1. The molecule has 0 radical (unpaired) electrons. The number of furan rings is 1. The van der Waals surface area contributed by atoms with Crippen LogP contribution in [0.5, 0.6) is 6.01 Å². The number of nitrogens with zero attached hydrogens (tertiary/aromatic N) is 3. The lowest BCUT2D eigenvalue weighted by molar-refractivity contribution is 0.0380. The zero-order valence-electron chi connectivity index (χ0n) is 14.1. The molecule has 3 heterocycles. The second kappa shape index (κ2) is 6.53. The van der Waals surface area contributed by atoms with Crippen molar-refractivity contribution >= 4 is 5.97 Å². The van der Waals surface area contributed by atoms with Crippen molar-refractivity contribution in [2.75, 3.05) is 7.11 Å². The van der Waals surface area contributed by atoms with Crippen LogP contribution in [0.25, 0.3) is 11.5 Å². The van der Waals surface area contributed by atoms with Gasteiger partial charge in [-0.1, -0.05) is 6.07 Å². The van der Waals surface area contributed by atoms with Crippen molar-refractivity contribution in [2.45, 2.75) is 12.5 Å².